The van der Waals surface area contributed by atoms with Crippen molar-refractivity contribution in [3.8, 4) is 5.88 Å². The molecule has 1 aromatic rings. The predicted octanol–water partition coefficient (Wildman–Crippen LogP) is 2.46. The van der Waals surface area contributed by atoms with Gasteiger partial charge in [-0.3, -0.25) is 0 Å². The topological polar surface area (TPSA) is 43.4 Å². The molecule has 0 aromatic carbocycles. The maximum atomic E-state index is 5.76. The molecule has 0 spiro atoms. The molecule has 1 aliphatic rings. The van der Waals surface area contributed by atoms with Gasteiger partial charge in [0.15, 0.2) is 0 Å². The van der Waals surface area contributed by atoms with Crippen molar-refractivity contribution in [2.24, 2.45) is 0 Å². The SMILES string of the molecule is CCOc1ncccc1NCC1CCC(C)O1. The van der Waals surface area contributed by atoms with Gasteiger partial charge in [-0.2, -0.15) is 0 Å². The molecule has 2 unspecified atom stereocenters. The van der Waals surface area contributed by atoms with E-state index in [9.17, 15) is 0 Å². The van der Waals surface area contributed by atoms with Gasteiger partial charge in [0.2, 0.25) is 5.88 Å². The lowest BCUT2D eigenvalue weighted by Gasteiger charge is -2.15. The van der Waals surface area contributed by atoms with E-state index in [1.54, 1.807) is 6.20 Å². The van der Waals surface area contributed by atoms with Gasteiger partial charge < -0.3 is 14.8 Å². The van der Waals surface area contributed by atoms with Crippen molar-refractivity contribution in [1.82, 2.24) is 4.98 Å². The van der Waals surface area contributed by atoms with Crippen LogP contribution in [-0.2, 0) is 4.74 Å². The van der Waals surface area contributed by atoms with Crippen LogP contribution >= 0.6 is 0 Å². The first kappa shape index (κ1) is 12.2. The molecule has 0 bridgehead atoms. The van der Waals surface area contributed by atoms with E-state index < -0.39 is 0 Å². The summed E-state index contributed by atoms with van der Waals surface area (Å²) in [5.74, 6) is 0.668. The second-order valence-electron chi connectivity index (χ2n) is 4.32. The molecule has 1 fully saturated rings. The maximum Gasteiger partial charge on any atom is 0.237 e. The number of rotatable bonds is 5. The Kier molecular flexibility index (Phi) is 4.20. The Morgan fingerprint density at radius 2 is 2.41 bits per heavy atom. The van der Waals surface area contributed by atoms with Crippen LogP contribution in [0.2, 0.25) is 0 Å². The molecule has 0 radical (unpaired) electrons. The lowest BCUT2D eigenvalue weighted by molar-refractivity contribution is 0.0636. The number of pyridine rings is 1. The molecule has 4 heteroatoms. The van der Waals surface area contributed by atoms with Crippen LogP contribution in [0.1, 0.15) is 26.7 Å². The first-order chi connectivity index (χ1) is 8.29. The Morgan fingerprint density at radius 3 is 3.12 bits per heavy atom. The molecular weight excluding hydrogens is 216 g/mol. The zero-order valence-corrected chi connectivity index (χ0v) is 10.5. The van der Waals surface area contributed by atoms with Crippen molar-refractivity contribution in [1.29, 1.82) is 0 Å². The minimum Gasteiger partial charge on any atom is -0.476 e. The van der Waals surface area contributed by atoms with Gasteiger partial charge in [-0.15, -0.1) is 0 Å². The fourth-order valence-electron chi connectivity index (χ4n) is 2.04. The van der Waals surface area contributed by atoms with Crippen LogP contribution in [0.15, 0.2) is 18.3 Å². The first-order valence-corrected chi connectivity index (χ1v) is 6.26. The maximum absolute atomic E-state index is 5.76. The third kappa shape index (κ3) is 3.33. The Labute approximate surface area is 102 Å². The summed E-state index contributed by atoms with van der Waals surface area (Å²) in [4.78, 5) is 4.20. The van der Waals surface area contributed by atoms with Crippen molar-refractivity contribution >= 4 is 5.69 Å². The highest BCUT2D eigenvalue weighted by Gasteiger charge is 2.21. The number of anilines is 1. The molecule has 0 aliphatic carbocycles. The minimum atomic E-state index is 0.305. The summed E-state index contributed by atoms with van der Waals surface area (Å²) in [6.45, 7) is 5.52. The lowest BCUT2D eigenvalue weighted by Crippen LogP contribution is -2.20. The van der Waals surface area contributed by atoms with E-state index in [1.807, 2.05) is 19.1 Å². The van der Waals surface area contributed by atoms with E-state index in [4.69, 9.17) is 9.47 Å². The van der Waals surface area contributed by atoms with Crippen LogP contribution in [0.3, 0.4) is 0 Å². The van der Waals surface area contributed by atoms with Gasteiger partial charge in [-0.1, -0.05) is 0 Å². The Balaban J connectivity index is 1.89. The van der Waals surface area contributed by atoms with Gasteiger partial charge in [-0.05, 0) is 38.8 Å². The summed E-state index contributed by atoms with van der Waals surface area (Å²) in [5.41, 5.74) is 0.942. The zero-order valence-electron chi connectivity index (χ0n) is 10.5. The van der Waals surface area contributed by atoms with Gasteiger partial charge >= 0.3 is 0 Å². The van der Waals surface area contributed by atoms with Crippen LogP contribution in [0, 0.1) is 0 Å². The van der Waals surface area contributed by atoms with Crippen LogP contribution in [-0.4, -0.2) is 30.3 Å². The number of hydrogen-bond donors (Lipinski definition) is 1. The van der Waals surface area contributed by atoms with Gasteiger partial charge in [0.25, 0.3) is 0 Å². The van der Waals surface area contributed by atoms with E-state index in [0.717, 1.165) is 25.1 Å². The van der Waals surface area contributed by atoms with Gasteiger partial charge in [0.1, 0.15) is 0 Å². The fourth-order valence-corrected chi connectivity index (χ4v) is 2.04. The standard InChI is InChI=1S/C13H20N2O2/c1-3-16-13-12(5-4-8-14-13)15-9-11-7-6-10(2)17-11/h4-5,8,10-11,15H,3,6-7,9H2,1-2H3. The predicted molar refractivity (Wildman–Crippen MR) is 67.5 cm³/mol. The molecule has 1 N–H and O–H groups in total. The molecule has 1 aromatic heterocycles. The molecule has 4 nitrogen and oxygen atoms in total. The minimum absolute atomic E-state index is 0.305. The fraction of sp³-hybridized carbons (Fsp3) is 0.615. The number of nitrogens with one attached hydrogen (secondary N) is 1. The zero-order chi connectivity index (χ0) is 12.1. The molecular formula is C13H20N2O2. The van der Waals surface area contributed by atoms with Gasteiger partial charge in [-0.25, -0.2) is 4.98 Å². The molecule has 17 heavy (non-hydrogen) atoms. The van der Waals surface area contributed by atoms with Gasteiger partial charge in [0, 0.05) is 12.7 Å². The Morgan fingerprint density at radius 1 is 1.53 bits per heavy atom. The monoisotopic (exact) mass is 236 g/mol. The molecule has 2 rings (SSSR count). The number of aromatic nitrogens is 1. The quantitative estimate of drug-likeness (QED) is 0.853. The summed E-state index contributed by atoms with van der Waals surface area (Å²) in [5, 5.41) is 3.35. The highest BCUT2D eigenvalue weighted by atomic mass is 16.5. The molecule has 2 heterocycles. The molecule has 0 amide bonds. The average molecular weight is 236 g/mol. The van der Waals surface area contributed by atoms with E-state index in [-0.39, 0.29) is 0 Å². The largest absolute Gasteiger partial charge is 0.476 e. The van der Waals surface area contributed by atoms with Crippen molar-refractivity contribution in [2.45, 2.75) is 38.9 Å². The van der Waals surface area contributed by atoms with E-state index >= 15 is 0 Å². The van der Waals surface area contributed by atoms with Crippen molar-refractivity contribution < 1.29 is 9.47 Å². The van der Waals surface area contributed by atoms with Crippen LogP contribution in [0.25, 0.3) is 0 Å². The van der Waals surface area contributed by atoms with E-state index in [2.05, 4.69) is 17.2 Å². The first-order valence-electron chi connectivity index (χ1n) is 6.26. The van der Waals surface area contributed by atoms with Crippen LogP contribution < -0.4 is 10.1 Å². The smallest absolute Gasteiger partial charge is 0.237 e. The Bertz CT molecular complexity index is 357. The second kappa shape index (κ2) is 5.87. The Hall–Kier alpha value is -1.29. The summed E-state index contributed by atoms with van der Waals surface area (Å²) in [7, 11) is 0. The molecule has 1 aliphatic heterocycles. The normalized spacial score (nSPS) is 23.6. The van der Waals surface area contributed by atoms with Crippen LogP contribution in [0.4, 0.5) is 5.69 Å². The average Bonchev–Trinajstić information content (AvgIpc) is 2.74. The highest BCUT2D eigenvalue weighted by molar-refractivity contribution is 5.52. The molecule has 94 valence electrons. The van der Waals surface area contributed by atoms with E-state index in [0.29, 0.717) is 24.7 Å². The summed E-state index contributed by atoms with van der Waals surface area (Å²) >= 11 is 0. The number of nitrogens with zero attached hydrogens (tertiary/aromatic N) is 1. The number of hydrogen-bond acceptors (Lipinski definition) is 4. The molecule has 1 saturated heterocycles. The second-order valence-corrected chi connectivity index (χ2v) is 4.32. The summed E-state index contributed by atoms with van der Waals surface area (Å²) in [6, 6.07) is 3.89. The highest BCUT2D eigenvalue weighted by Crippen LogP contribution is 2.23. The third-order valence-corrected chi connectivity index (χ3v) is 2.89. The van der Waals surface area contributed by atoms with E-state index in [1.165, 1.54) is 0 Å². The molecule has 2 atom stereocenters. The van der Waals surface area contributed by atoms with Crippen molar-refractivity contribution in [2.75, 3.05) is 18.5 Å². The van der Waals surface area contributed by atoms with Crippen molar-refractivity contribution in [3.05, 3.63) is 18.3 Å². The molecule has 0 saturated carbocycles. The summed E-state index contributed by atoms with van der Waals surface area (Å²) < 4.78 is 11.2. The number of ether oxygens (including phenoxy) is 2. The van der Waals surface area contributed by atoms with Crippen molar-refractivity contribution in [3.63, 3.8) is 0 Å². The van der Waals surface area contributed by atoms with Gasteiger partial charge in [0.05, 0.1) is 24.5 Å². The summed E-state index contributed by atoms with van der Waals surface area (Å²) in [6.07, 6.45) is 4.71. The third-order valence-electron chi connectivity index (χ3n) is 2.89. The van der Waals surface area contributed by atoms with Crippen LogP contribution in [0.5, 0.6) is 5.88 Å². The lowest BCUT2D eigenvalue weighted by atomic mass is 10.2.